The standard InChI is InChI=1S/C20H19F2N4O6PS2/c1-12-16-7-15(31-6-5-25-24-2)9-18(22)19(16)34-20(12)35(29,30)26-11-33(27,28)32-14-4-3-13(10-23)17(21)8-14/h3-4,7-9,25-26H,2,5-6,11H2,1H3,(H,27,28)/p+1. The Kier molecular flexibility index (Phi) is 8.09. The molecular formula is C20H20F2N4O6PS2+. The van der Waals surface area contributed by atoms with Crippen molar-refractivity contribution in [3.63, 3.8) is 0 Å². The normalized spacial score (nSPS) is 13.1. The lowest BCUT2D eigenvalue weighted by atomic mass is 10.2. The summed E-state index contributed by atoms with van der Waals surface area (Å²) in [5, 5.41) is 11.5. The number of hydrogen-bond donors (Lipinski definition) is 4. The SMILES string of the molecule is C=[NH+]NCCOc1cc(F)c2sc(S(=O)(=O)NCP(=O)(O)Oc3ccc(C#N)c(F)c3)c(C)c2c1. The first-order chi connectivity index (χ1) is 16.5. The summed E-state index contributed by atoms with van der Waals surface area (Å²) in [6, 6.07) is 7.11. The molecule has 186 valence electrons. The quantitative estimate of drug-likeness (QED) is 0.123. The molecule has 1 atom stereocenters. The summed E-state index contributed by atoms with van der Waals surface area (Å²) in [6.07, 6.45) is -1.03. The number of hydrazone groups is 1. The lowest BCUT2D eigenvalue weighted by molar-refractivity contribution is -0.517. The molecule has 3 rings (SSSR count). The van der Waals surface area contributed by atoms with Gasteiger partial charge in [-0.25, -0.2) is 21.8 Å². The molecular weight excluding hydrogens is 525 g/mol. The molecule has 0 aliphatic carbocycles. The van der Waals surface area contributed by atoms with Gasteiger partial charge < -0.3 is 14.2 Å². The maximum Gasteiger partial charge on any atom is 0.391 e. The lowest BCUT2D eigenvalue weighted by Gasteiger charge is -2.14. The van der Waals surface area contributed by atoms with E-state index in [9.17, 15) is 26.7 Å². The number of halogens is 2. The molecule has 15 heteroatoms. The van der Waals surface area contributed by atoms with Crippen molar-refractivity contribution < 1.29 is 41.0 Å². The molecule has 1 aromatic heterocycles. The largest absolute Gasteiger partial charge is 0.491 e. The van der Waals surface area contributed by atoms with E-state index in [0.29, 0.717) is 23.3 Å². The molecule has 35 heavy (non-hydrogen) atoms. The van der Waals surface area contributed by atoms with E-state index in [4.69, 9.17) is 14.5 Å². The van der Waals surface area contributed by atoms with Gasteiger partial charge in [0, 0.05) is 17.5 Å². The molecule has 4 N–H and O–H groups in total. The highest BCUT2D eigenvalue weighted by atomic mass is 32.2. The number of thiophene rings is 1. The molecule has 0 aliphatic heterocycles. The summed E-state index contributed by atoms with van der Waals surface area (Å²) in [6.45, 7) is 5.43. The fourth-order valence-corrected chi connectivity index (χ4v) is 7.23. The van der Waals surface area contributed by atoms with Crippen LogP contribution in [0.5, 0.6) is 11.5 Å². The second-order valence-electron chi connectivity index (χ2n) is 7.04. The summed E-state index contributed by atoms with van der Waals surface area (Å²) in [7, 11) is -8.95. The summed E-state index contributed by atoms with van der Waals surface area (Å²) in [4.78, 5) is 10.0. The van der Waals surface area contributed by atoms with Crippen molar-refractivity contribution in [3.05, 3.63) is 53.1 Å². The number of fused-ring (bicyclic) bond motifs is 1. The molecule has 0 amide bonds. The second-order valence-corrected chi connectivity index (χ2v) is 11.8. The Balaban J connectivity index is 1.78. The first-order valence-electron chi connectivity index (χ1n) is 9.78. The minimum Gasteiger partial charge on any atom is -0.491 e. The zero-order chi connectivity index (χ0) is 25.8. The molecule has 0 aliphatic rings. The third kappa shape index (κ3) is 6.33. The smallest absolute Gasteiger partial charge is 0.391 e. The summed E-state index contributed by atoms with van der Waals surface area (Å²) in [5.41, 5.74) is 2.64. The van der Waals surface area contributed by atoms with Gasteiger partial charge in [0.2, 0.25) is 0 Å². The van der Waals surface area contributed by atoms with Crippen LogP contribution in [0, 0.1) is 29.9 Å². The van der Waals surface area contributed by atoms with Gasteiger partial charge >= 0.3 is 7.60 Å². The van der Waals surface area contributed by atoms with E-state index < -0.39 is 35.5 Å². The van der Waals surface area contributed by atoms with Gasteiger partial charge in [-0.2, -0.15) is 15.4 Å². The van der Waals surface area contributed by atoms with Crippen molar-refractivity contribution in [1.82, 2.24) is 10.1 Å². The number of ether oxygens (including phenoxy) is 1. The van der Waals surface area contributed by atoms with Gasteiger partial charge in [-0.05, 0) is 30.7 Å². The molecule has 0 saturated heterocycles. The predicted octanol–water partition coefficient (Wildman–Crippen LogP) is 1.52. The predicted molar refractivity (Wildman–Crippen MR) is 125 cm³/mol. The Morgan fingerprint density at radius 3 is 2.63 bits per heavy atom. The highest BCUT2D eigenvalue weighted by Gasteiger charge is 2.29. The lowest BCUT2D eigenvalue weighted by Crippen LogP contribution is -2.78. The van der Waals surface area contributed by atoms with Gasteiger partial charge in [0.1, 0.15) is 52.8 Å². The molecule has 0 spiro atoms. The molecule has 0 bridgehead atoms. The Hall–Kier alpha value is -3.08. The fraction of sp³-hybridized carbons (Fsp3) is 0.200. The molecule has 1 heterocycles. The van der Waals surface area contributed by atoms with Crippen LogP contribution in [0.25, 0.3) is 10.1 Å². The van der Waals surface area contributed by atoms with Crippen molar-refractivity contribution in [2.75, 3.05) is 19.4 Å². The van der Waals surface area contributed by atoms with Gasteiger partial charge in [0.25, 0.3) is 10.0 Å². The van der Waals surface area contributed by atoms with Crippen LogP contribution in [0.1, 0.15) is 11.1 Å². The number of hydrazine groups is 1. The maximum atomic E-state index is 14.6. The van der Waals surface area contributed by atoms with Gasteiger partial charge in [0.15, 0.2) is 6.72 Å². The van der Waals surface area contributed by atoms with Crippen molar-refractivity contribution in [2.45, 2.75) is 11.1 Å². The van der Waals surface area contributed by atoms with Crippen LogP contribution < -0.4 is 24.5 Å². The number of benzene rings is 2. The molecule has 0 saturated carbocycles. The third-order valence-corrected chi connectivity index (χ3v) is 9.16. The minimum atomic E-state index is -4.61. The average molecular weight is 546 g/mol. The number of nitriles is 1. The first kappa shape index (κ1) is 26.5. The number of aryl methyl sites for hydroxylation is 1. The number of sulfonamides is 1. The molecule has 1 unspecified atom stereocenters. The zero-order valence-corrected chi connectivity index (χ0v) is 20.7. The highest BCUT2D eigenvalue weighted by molar-refractivity contribution is 7.92. The van der Waals surface area contributed by atoms with Crippen molar-refractivity contribution >= 4 is 45.8 Å². The van der Waals surface area contributed by atoms with Gasteiger partial charge in [-0.3, -0.25) is 0 Å². The van der Waals surface area contributed by atoms with E-state index in [0.717, 1.165) is 24.3 Å². The first-order valence-corrected chi connectivity index (χ1v) is 13.8. The third-order valence-electron chi connectivity index (χ3n) is 4.55. The van der Waals surface area contributed by atoms with E-state index in [1.807, 2.05) is 4.72 Å². The molecule has 0 fully saturated rings. The van der Waals surface area contributed by atoms with E-state index >= 15 is 0 Å². The molecule has 10 nitrogen and oxygen atoms in total. The molecule has 3 aromatic rings. The maximum absolute atomic E-state index is 14.6. The Morgan fingerprint density at radius 1 is 1.26 bits per heavy atom. The van der Waals surface area contributed by atoms with Crippen LogP contribution in [0.2, 0.25) is 0 Å². The van der Waals surface area contributed by atoms with Crippen molar-refractivity contribution in [3.8, 4) is 17.6 Å². The Labute approximate surface area is 203 Å². The summed E-state index contributed by atoms with van der Waals surface area (Å²) >= 11 is 0.655. The number of nitrogens with one attached hydrogen (secondary N) is 3. The van der Waals surface area contributed by atoms with Gasteiger partial charge in [-0.1, -0.05) is 0 Å². The Morgan fingerprint density at radius 2 is 1.97 bits per heavy atom. The summed E-state index contributed by atoms with van der Waals surface area (Å²) in [5.74, 6) is -1.82. The van der Waals surface area contributed by atoms with Crippen LogP contribution in [0.15, 0.2) is 34.5 Å². The van der Waals surface area contributed by atoms with Gasteiger partial charge in [-0.15, -0.1) is 16.4 Å². The van der Waals surface area contributed by atoms with E-state index in [-0.39, 0.29) is 38.1 Å². The fourth-order valence-electron chi connectivity index (χ4n) is 2.95. The molecule has 2 aromatic carbocycles. The van der Waals surface area contributed by atoms with E-state index in [1.165, 1.54) is 13.0 Å². The average Bonchev–Trinajstić information content (AvgIpc) is 3.13. The second kappa shape index (κ2) is 10.7. The van der Waals surface area contributed by atoms with Crippen LogP contribution in [0.3, 0.4) is 0 Å². The topological polar surface area (TPSA) is 152 Å². The Bertz CT molecular complexity index is 1470. The van der Waals surface area contributed by atoms with Crippen LogP contribution in [0.4, 0.5) is 8.78 Å². The minimum absolute atomic E-state index is 0.0734. The van der Waals surface area contributed by atoms with Crippen molar-refractivity contribution in [2.24, 2.45) is 0 Å². The zero-order valence-electron chi connectivity index (χ0n) is 18.2. The monoisotopic (exact) mass is 545 g/mol. The molecule has 0 radical (unpaired) electrons. The number of rotatable bonds is 11. The van der Waals surface area contributed by atoms with Crippen LogP contribution in [-0.4, -0.2) is 39.5 Å². The number of hydrogen-bond acceptors (Lipinski definition) is 8. The van der Waals surface area contributed by atoms with Crippen molar-refractivity contribution in [1.29, 1.82) is 5.26 Å². The highest BCUT2D eigenvalue weighted by Crippen LogP contribution is 2.43. The van der Waals surface area contributed by atoms with Gasteiger partial charge in [0.05, 0.1) is 10.3 Å². The van der Waals surface area contributed by atoms with E-state index in [2.05, 4.69) is 17.2 Å². The summed E-state index contributed by atoms with van der Waals surface area (Å²) < 4.78 is 78.5. The van der Waals surface area contributed by atoms with Crippen LogP contribution in [-0.2, 0) is 14.6 Å². The number of nitrogens with zero attached hydrogens (tertiary/aromatic N) is 1. The van der Waals surface area contributed by atoms with E-state index in [1.54, 1.807) is 6.07 Å². The van der Waals surface area contributed by atoms with Crippen LogP contribution >= 0.6 is 18.9 Å².